The first kappa shape index (κ1) is 21.1. The minimum Gasteiger partial charge on any atom is -0.330 e. The lowest BCUT2D eigenvalue weighted by atomic mass is 10.2. The van der Waals surface area contributed by atoms with Gasteiger partial charge in [-0.3, -0.25) is 19.5 Å². The summed E-state index contributed by atoms with van der Waals surface area (Å²) in [5.74, 6) is -0.0272. The quantitative estimate of drug-likeness (QED) is 0.579. The van der Waals surface area contributed by atoms with Gasteiger partial charge in [0.1, 0.15) is 6.54 Å². The topological polar surface area (TPSA) is 67.2 Å². The third kappa shape index (κ3) is 4.97. The van der Waals surface area contributed by atoms with Crippen molar-refractivity contribution in [2.24, 2.45) is 5.92 Å². The summed E-state index contributed by atoms with van der Waals surface area (Å²) >= 11 is 6.19. The molecule has 3 aromatic rings. The molecule has 2 amide bonds. The molecule has 7 heteroatoms. The predicted molar refractivity (Wildman–Crippen MR) is 122 cm³/mol. The Balaban J connectivity index is 1.62. The van der Waals surface area contributed by atoms with Gasteiger partial charge in [0.2, 0.25) is 17.8 Å². The van der Waals surface area contributed by atoms with Crippen LogP contribution in [0.4, 0.5) is 5.95 Å². The Bertz CT molecular complexity index is 1090. The lowest BCUT2D eigenvalue weighted by molar-refractivity contribution is -0.138. The van der Waals surface area contributed by atoms with E-state index in [-0.39, 0.29) is 30.3 Å². The predicted octanol–water partition coefficient (Wildman–Crippen LogP) is 4.78. The molecule has 1 saturated carbocycles. The van der Waals surface area contributed by atoms with Crippen LogP contribution in [0, 0.1) is 5.92 Å². The molecular formula is C24H25ClN4O2. The molecule has 2 aromatic carbocycles. The number of carbonyl (C=O) groups excluding carboxylic acids is 2. The molecule has 160 valence electrons. The van der Waals surface area contributed by atoms with Crippen molar-refractivity contribution in [1.82, 2.24) is 14.5 Å². The third-order valence-corrected chi connectivity index (χ3v) is 5.43. The Morgan fingerprint density at radius 3 is 2.55 bits per heavy atom. The average Bonchev–Trinajstić information content (AvgIpc) is 3.52. The molecule has 1 aromatic heterocycles. The molecule has 0 aliphatic heterocycles. The molecule has 0 atom stereocenters. The van der Waals surface area contributed by atoms with Gasteiger partial charge in [-0.1, -0.05) is 61.8 Å². The summed E-state index contributed by atoms with van der Waals surface area (Å²) in [6.07, 6.45) is 3.76. The van der Waals surface area contributed by atoms with Crippen LogP contribution in [0.25, 0.3) is 16.9 Å². The van der Waals surface area contributed by atoms with Gasteiger partial charge in [0.05, 0.1) is 5.69 Å². The number of benzene rings is 2. The standard InChI is InChI=1S/C24H25ClN4O2/c1-16(2)23(31)28(19-11-12-19)15-22(30)27-24-26-21(17-7-4-3-5-8-17)14-29(24)20-10-6-9-18(25)13-20/h3-10,13-14,16,19H,11-12,15H2,1-2H3,(H,26,27,30). The highest BCUT2D eigenvalue weighted by Crippen LogP contribution is 2.29. The van der Waals surface area contributed by atoms with Crippen LogP contribution in [0.5, 0.6) is 0 Å². The van der Waals surface area contributed by atoms with Crippen molar-refractivity contribution in [2.75, 3.05) is 11.9 Å². The second-order valence-electron chi connectivity index (χ2n) is 8.07. The van der Waals surface area contributed by atoms with Crippen LogP contribution in [0.1, 0.15) is 26.7 Å². The first-order valence-electron chi connectivity index (χ1n) is 10.4. The van der Waals surface area contributed by atoms with Crippen LogP contribution in [0.3, 0.4) is 0 Å². The van der Waals surface area contributed by atoms with Crippen LogP contribution in [0.2, 0.25) is 5.02 Å². The number of halogens is 1. The summed E-state index contributed by atoms with van der Waals surface area (Å²) < 4.78 is 1.80. The fraction of sp³-hybridized carbons (Fsp3) is 0.292. The van der Waals surface area contributed by atoms with E-state index in [0.717, 1.165) is 29.8 Å². The highest BCUT2D eigenvalue weighted by Gasteiger charge is 2.34. The van der Waals surface area contributed by atoms with Crippen molar-refractivity contribution >= 4 is 29.4 Å². The molecule has 1 fully saturated rings. The van der Waals surface area contributed by atoms with Crippen molar-refractivity contribution in [1.29, 1.82) is 0 Å². The van der Waals surface area contributed by atoms with E-state index in [4.69, 9.17) is 11.6 Å². The molecular weight excluding hydrogens is 412 g/mol. The summed E-state index contributed by atoms with van der Waals surface area (Å²) in [5.41, 5.74) is 2.45. The molecule has 0 radical (unpaired) electrons. The van der Waals surface area contributed by atoms with Gasteiger partial charge in [0.15, 0.2) is 0 Å². The van der Waals surface area contributed by atoms with E-state index in [0.29, 0.717) is 11.0 Å². The molecule has 6 nitrogen and oxygen atoms in total. The molecule has 0 bridgehead atoms. The minimum atomic E-state index is -0.269. The Kier molecular flexibility index (Phi) is 6.09. The number of hydrogen-bond donors (Lipinski definition) is 1. The van der Waals surface area contributed by atoms with Gasteiger partial charge in [-0.15, -0.1) is 0 Å². The first-order valence-corrected chi connectivity index (χ1v) is 10.8. The van der Waals surface area contributed by atoms with E-state index in [1.807, 2.05) is 68.6 Å². The van der Waals surface area contributed by atoms with Gasteiger partial charge in [-0.2, -0.15) is 0 Å². The summed E-state index contributed by atoms with van der Waals surface area (Å²) in [7, 11) is 0. The van der Waals surface area contributed by atoms with Crippen molar-refractivity contribution in [3.63, 3.8) is 0 Å². The maximum atomic E-state index is 12.9. The minimum absolute atomic E-state index is 0.000748. The highest BCUT2D eigenvalue weighted by molar-refractivity contribution is 6.30. The maximum absolute atomic E-state index is 12.9. The molecule has 4 rings (SSSR count). The second kappa shape index (κ2) is 8.94. The lowest BCUT2D eigenvalue weighted by Gasteiger charge is -2.23. The van der Waals surface area contributed by atoms with Crippen molar-refractivity contribution in [3.8, 4) is 16.9 Å². The number of anilines is 1. The molecule has 1 aliphatic rings. The van der Waals surface area contributed by atoms with E-state index in [1.165, 1.54) is 0 Å². The molecule has 31 heavy (non-hydrogen) atoms. The van der Waals surface area contributed by atoms with E-state index < -0.39 is 0 Å². The van der Waals surface area contributed by atoms with E-state index in [2.05, 4.69) is 10.3 Å². The van der Waals surface area contributed by atoms with Gasteiger partial charge in [-0.25, -0.2) is 4.98 Å². The van der Waals surface area contributed by atoms with Crippen LogP contribution in [0.15, 0.2) is 60.8 Å². The second-order valence-corrected chi connectivity index (χ2v) is 8.50. The zero-order valence-electron chi connectivity index (χ0n) is 17.6. The monoisotopic (exact) mass is 436 g/mol. The van der Waals surface area contributed by atoms with Crippen LogP contribution in [-0.4, -0.2) is 38.9 Å². The van der Waals surface area contributed by atoms with Crippen molar-refractivity contribution in [3.05, 3.63) is 65.8 Å². The molecule has 1 aliphatic carbocycles. The van der Waals surface area contributed by atoms with Gasteiger partial charge in [0, 0.05) is 34.4 Å². The smallest absolute Gasteiger partial charge is 0.246 e. The lowest BCUT2D eigenvalue weighted by Crippen LogP contribution is -2.41. The van der Waals surface area contributed by atoms with Gasteiger partial charge in [-0.05, 0) is 31.0 Å². The molecule has 1 heterocycles. The highest BCUT2D eigenvalue weighted by atomic mass is 35.5. The largest absolute Gasteiger partial charge is 0.330 e. The van der Waals surface area contributed by atoms with Crippen molar-refractivity contribution in [2.45, 2.75) is 32.7 Å². The van der Waals surface area contributed by atoms with E-state index >= 15 is 0 Å². The SMILES string of the molecule is CC(C)C(=O)N(CC(=O)Nc1nc(-c2ccccc2)cn1-c1cccc(Cl)c1)C1CC1. The maximum Gasteiger partial charge on any atom is 0.246 e. The molecule has 0 unspecified atom stereocenters. The normalized spacial score (nSPS) is 13.3. The summed E-state index contributed by atoms with van der Waals surface area (Å²) in [4.78, 5) is 31.8. The van der Waals surface area contributed by atoms with Crippen LogP contribution in [-0.2, 0) is 9.59 Å². The van der Waals surface area contributed by atoms with Crippen LogP contribution >= 0.6 is 11.6 Å². The Morgan fingerprint density at radius 1 is 1.16 bits per heavy atom. The van der Waals surface area contributed by atoms with Crippen molar-refractivity contribution < 1.29 is 9.59 Å². The number of hydrogen-bond acceptors (Lipinski definition) is 3. The zero-order valence-corrected chi connectivity index (χ0v) is 18.3. The molecule has 0 saturated heterocycles. The number of nitrogens with one attached hydrogen (secondary N) is 1. The number of rotatable bonds is 7. The number of imidazole rings is 1. The Hall–Kier alpha value is -3.12. The fourth-order valence-electron chi connectivity index (χ4n) is 3.46. The first-order chi connectivity index (χ1) is 14.9. The summed E-state index contributed by atoms with van der Waals surface area (Å²) in [6, 6.07) is 17.3. The van der Waals surface area contributed by atoms with Crippen LogP contribution < -0.4 is 5.32 Å². The Labute approximate surface area is 186 Å². The fourth-order valence-corrected chi connectivity index (χ4v) is 3.65. The summed E-state index contributed by atoms with van der Waals surface area (Å²) in [6.45, 7) is 3.73. The van der Waals surface area contributed by atoms with Gasteiger partial charge >= 0.3 is 0 Å². The molecule has 0 spiro atoms. The number of aromatic nitrogens is 2. The number of amides is 2. The average molecular weight is 437 g/mol. The van der Waals surface area contributed by atoms with Gasteiger partial charge in [0.25, 0.3) is 0 Å². The third-order valence-electron chi connectivity index (χ3n) is 5.19. The number of carbonyl (C=O) groups is 2. The van der Waals surface area contributed by atoms with E-state index in [9.17, 15) is 9.59 Å². The number of nitrogens with zero attached hydrogens (tertiary/aromatic N) is 3. The molecule has 1 N–H and O–H groups in total. The van der Waals surface area contributed by atoms with Gasteiger partial charge < -0.3 is 4.90 Å². The zero-order chi connectivity index (χ0) is 22.0. The Morgan fingerprint density at radius 2 is 1.90 bits per heavy atom. The van der Waals surface area contributed by atoms with E-state index in [1.54, 1.807) is 15.5 Å². The summed E-state index contributed by atoms with van der Waals surface area (Å²) in [5, 5.41) is 3.49.